The van der Waals surface area contributed by atoms with Crippen LogP contribution in [0, 0.1) is 5.41 Å². The second kappa shape index (κ2) is 19.5. The molecule has 0 radical (unpaired) electrons. The lowest BCUT2D eigenvalue weighted by molar-refractivity contribution is -0.368. The van der Waals surface area contributed by atoms with E-state index in [1.54, 1.807) is 4.90 Å². The summed E-state index contributed by atoms with van der Waals surface area (Å²) < 4.78 is 0. The Morgan fingerprint density at radius 3 is 2.31 bits per heavy atom. The molecule has 1 aliphatic rings. The number of nitrogens with zero attached hydrogens (tertiary/aromatic N) is 1. The zero-order valence-corrected chi connectivity index (χ0v) is 29.1. The van der Waals surface area contributed by atoms with Crippen LogP contribution in [0.2, 0.25) is 0 Å². The number of amides is 5. The van der Waals surface area contributed by atoms with Crippen molar-refractivity contribution >= 4 is 34.5 Å². The van der Waals surface area contributed by atoms with Crippen LogP contribution in [0.1, 0.15) is 69.4 Å². The first-order valence-electron chi connectivity index (χ1n) is 18.0. The summed E-state index contributed by atoms with van der Waals surface area (Å²) in [7, 11) is 0. The van der Waals surface area contributed by atoms with Crippen molar-refractivity contribution in [3.63, 3.8) is 0 Å². The van der Waals surface area contributed by atoms with Gasteiger partial charge in [-0.1, -0.05) is 72.8 Å². The summed E-state index contributed by atoms with van der Waals surface area (Å²) in [6, 6.07) is 22.9. The molecule has 5 amide bonds. The fourth-order valence-electron chi connectivity index (χ4n) is 6.70. The van der Waals surface area contributed by atoms with Crippen LogP contribution in [0.4, 0.5) is 4.79 Å². The molecule has 0 bridgehead atoms. The number of hydrogen-bond donors (Lipinski definition) is 5. The fourth-order valence-corrected chi connectivity index (χ4v) is 6.70. The SMILES string of the molecule is CCNC(=O)[C@]1(Cc2ccccc2)CCCN(C(=O)[C@@H](Cc2ccc3ccccc3c2)NC(=O)NCCCCNC(=O)CCCCC[NH3+])C1. The van der Waals surface area contributed by atoms with Crippen LogP contribution in [-0.2, 0) is 27.2 Å². The Hall–Kier alpha value is -4.44. The van der Waals surface area contributed by atoms with Crippen LogP contribution < -0.4 is 27.0 Å². The lowest BCUT2D eigenvalue weighted by atomic mass is 9.74. The lowest BCUT2D eigenvalue weighted by Gasteiger charge is -2.43. The van der Waals surface area contributed by atoms with Crippen molar-refractivity contribution in [2.45, 2.75) is 77.2 Å². The molecule has 10 nitrogen and oxygen atoms in total. The van der Waals surface area contributed by atoms with Crippen LogP contribution in [0.5, 0.6) is 0 Å². The predicted molar refractivity (Wildman–Crippen MR) is 194 cm³/mol. The van der Waals surface area contributed by atoms with Gasteiger partial charge in [-0.15, -0.1) is 0 Å². The number of piperidine rings is 1. The minimum Gasteiger partial charge on any atom is -0.358 e. The average molecular weight is 672 g/mol. The monoisotopic (exact) mass is 671 g/mol. The molecule has 1 aliphatic heterocycles. The van der Waals surface area contributed by atoms with Gasteiger partial charge in [0.25, 0.3) is 0 Å². The highest BCUT2D eigenvalue weighted by Crippen LogP contribution is 2.35. The van der Waals surface area contributed by atoms with Gasteiger partial charge in [0.05, 0.1) is 12.0 Å². The third kappa shape index (κ3) is 11.6. The van der Waals surface area contributed by atoms with Crippen molar-refractivity contribution in [1.82, 2.24) is 26.2 Å². The maximum absolute atomic E-state index is 14.3. The number of carbonyl (C=O) groups excluding carboxylic acids is 4. The minimum absolute atomic E-state index is 0.0432. The number of rotatable bonds is 18. The Bertz CT molecular complexity index is 1520. The van der Waals surface area contributed by atoms with Crippen molar-refractivity contribution in [1.29, 1.82) is 0 Å². The Labute approximate surface area is 291 Å². The van der Waals surface area contributed by atoms with E-state index in [0.29, 0.717) is 64.7 Å². The van der Waals surface area contributed by atoms with Crippen LogP contribution in [0.15, 0.2) is 72.8 Å². The summed E-state index contributed by atoms with van der Waals surface area (Å²) in [6.45, 7) is 5.10. The summed E-state index contributed by atoms with van der Waals surface area (Å²) in [5, 5.41) is 14.0. The molecule has 0 unspecified atom stereocenters. The van der Waals surface area contributed by atoms with Gasteiger partial charge in [-0.2, -0.15) is 0 Å². The summed E-state index contributed by atoms with van der Waals surface area (Å²) in [5.74, 6) is -0.177. The van der Waals surface area contributed by atoms with Gasteiger partial charge >= 0.3 is 6.03 Å². The Balaban J connectivity index is 1.41. The number of unbranched alkanes of at least 4 members (excludes halogenated alkanes) is 3. The zero-order chi connectivity index (χ0) is 34.9. The van der Waals surface area contributed by atoms with E-state index < -0.39 is 17.5 Å². The molecular weight excluding hydrogens is 616 g/mol. The van der Waals surface area contributed by atoms with E-state index in [9.17, 15) is 19.2 Å². The number of nitrogens with one attached hydrogen (secondary N) is 4. The van der Waals surface area contributed by atoms with E-state index >= 15 is 0 Å². The van der Waals surface area contributed by atoms with E-state index in [-0.39, 0.29) is 24.3 Å². The Kier molecular flexibility index (Phi) is 14.9. The highest BCUT2D eigenvalue weighted by atomic mass is 16.2. The number of urea groups is 1. The second-order valence-corrected chi connectivity index (χ2v) is 13.2. The van der Waals surface area contributed by atoms with Crippen LogP contribution >= 0.6 is 0 Å². The van der Waals surface area contributed by atoms with E-state index in [4.69, 9.17) is 0 Å². The maximum atomic E-state index is 14.3. The Morgan fingerprint density at radius 1 is 0.816 bits per heavy atom. The van der Waals surface area contributed by atoms with Crippen molar-refractivity contribution in [3.8, 4) is 0 Å². The number of quaternary nitrogens is 1. The first-order valence-corrected chi connectivity index (χ1v) is 18.0. The van der Waals surface area contributed by atoms with E-state index in [0.717, 1.165) is 54.1 Å². The van der Waals surface area contributed by atoms with E-state index in [1.165, 1.54) is 0 Å². The molecule has 49 heavy (non-hydrogen) atoms. The third-order valence-electron chi connectivity index (χ3n) is 9.32. The van der Waals surface area contributed by atoms with Crippen molar-refractivity contribution < 1.29 is 24.9 Å². The van der Waals surface area contributed by atoms with Gasteiger partial charge in [-0.25, -0.2) is 4.79 Å². The third-order valence-corrected chi connectivity index (χ3v) is 9.32. The fraction of sp³-hybridized carbons (Fsp3) is 0.487. The Morgan fingerprint density at radius 2 is 1.55 bits per heavy atom. The van der Waals surface area contributed by atoms with Gasteiger partial charge < -0.3 is 31.9 Å². The molecule has 0 saturated carbocycles. The van der Waals surface area contributed by atoms with Crippen molar-refractivity contribution in [2.75, 3.05) is 39.3 Å². The number of fused-ring (bicyclic) bond motifs is 1. The molecule has 264 valence electrons. The minimum atomic E-state index is -0.814. The number of hydrogen-bond acceptors (Lipinski definition) is 4. The highest BCUT2D eigenvalue weighted by molar-refractivity contribution is 5.90. The maximum Gasteiger partial charge on any atom is 0.315 e. The van der Waals surface area contributed by atoms with Gasteiger partial charge in [-0.3, -0.25) is 14.4 Å². The molecule has 7 N–H and O–H groups in total. The topological polar surface area (TPSA) is 147 Å². The van der Waals surface area contributed by atoms with Crippen molar-refractivity contribution in [3.05, 3.63) is 83.9 Å². The quantitative estimate of drug-likeness (QED) is 0.131. The van der Waals surface area contributed by atoms with E-state index in [1.807, 2.05) is 73.7 Å². The number of likely N-dealkylation sites (tertiary alicyclic amines) is 1. The number of carbonyl (C=O) groups is 4. The van der Waals surface area contributed by atoms with Gasteiger partial charge in [0.15, 0.2) is 0 Å². The molecule has 0 aromatic heterocycles. The highest BCUT2D eigenvalue weighted by Gasteiger charge is 2.44. The standard InChI is InChI=1S/C39H54N6O4/c1-2-41-37(48)39(28-30-14-5-3-6-15-30)21-13-25-45(29-39)36(47)34(27-31-19-20-32-16-8-9-17-33(32)26-31)44-38(49)43-24-12-11-23-42-35(46)18-7-4-10-22-40/h3,5-6,8-9,14-17,19-20,26,34H,2,4,7,10-13,18,21-25,27-29,40H2,1H3,(H,41,48)(H,42,46)(H2,43,44,49)/p+1/t34-,39+/m1/s1. The summed E-state index contributed by atoms with van der Waals surface area (Å²) in [6.07, 6.45) is 7.11. The summed E-state index contributed by atoms with van der Waals surface area (Å²) in [4.78, 5) is 54.9. The summed E-state index contributed by atoms with van der Waals surface area (Å²) >= 11 is 0. The molecule has 1 heterocycles. The average Bonchev–Trinajstić information content (AvgIpc) is 3.11. The van der Waals surface area contributed by atoms with Gasteiger partial charge in [-0.05, 0) is 80.2 Å². The molecule has 1 saturated heterocycles. The molecule has 10 heteroatoms. The van der Waals surface area contributed by atoms with E-state index in [2.05, 4.69) is 33.1 Å². The van der Waals surface area contributed by atoms with Gasteiger partial charge in [0.1, 0.15) is 6.04 Å². The van der Waals surface area contributed by atoms with Crippen LogP contribution in [0.3, 0.4) is 0 Å². The molecule has 3 aromatic carbocycles. The normalized spacial score (nSPS) is 16.5. The molecule has 3 aromatic rings. The molecular formula is C39H55N6O4+. The van der Waals surface area contributed by atoms with Crippen LogP contribution in [0.25, 0.3) is 10.8 Å². The van der Waals surface area contributed by atoms with Gasteiger partial charge in [0, 0.05) is 45.6 Å². The van der Waals surface area contributed by atoms with Crippen LogP contribution in [-0.4, -0.2) is 74.0 Å². The number of benzene rings is 3. The zero-order valence-electron chi connectivity index (χ0n) is 29.1. The molecule has 4 rings (SSSR count). The first kappa shape index (κ1) is 37.4. The van der Waals surface area contributed by atoms with Gasteiger partial charge in [0.2, 0.25) is 17.7 Å². The molecule has 2 atom stereocenters. The smallest absolute Gasteiger partial charge is 0.315 e. The molecule has 0 spiro atoms. The lowest BCUT2D eigenvalue weighted by Crippen LogP contribution is -2.59. The second-order valence-electron chi connectivity index (χ2n) is 13.2. The summed E-state index contributed by atoms with van der Waals surface area (Å²) in [5.41, 5.74) is 5.06. The largest absolute Gasteiger partial charge is 0.358 e. The molecule has 1 fully saturated rings. The predicted octanol–water partition coefficient (Wildman–Crippen LogP) is 3.74. The first-order chi connectivity index (χ1) is 23.8. The van der Waals surface area contributed by atoms with Crippen molar-refractivity contribution in [2.24, 2.45) is 5.41 Å². The molecule has 0 aliphatic carbocycles.